The van der Waals surface area contributed by atoms with Crippen LogP contribution in [0, 0.1) is 0 Å². The molecule has 0 amide bonds. The summed E-state index contributed by atoms with van der Waals surface area (Å²) < 4.78 is 7.62. The Morgan fingerprint density at radius 1 is 1.04 bits per heavy atom. The van der Waals surface area contributed by atoms with E-state index < -0.39 is 0 Å². The molecule has 1 aliphatic rings. The molecule has 1 atom stereocenters. The van der Waals surface area contributed by atoms with E-state index in [4.69, 9.17) is 4.74 Å². The molecule has 3 rings (SSSR count). The summed E-state index contributed by atoms with van der Waals surface area (Å²) in [4.78, 5) is 2.51. The van der Waals surface area contributed by atoms with Crippen molar-refractivity contribution in [1.29, 1.82) is 0 Å². The van der Waals surface area contributed by atoms with E-state index in [1.54, 1.807) is 0 Å². The fourth-order valence-corrected chi connectivity index (χ4v) is 4.36. The van der Waals surface area contributed by atoms with E-state index in [-0.39, 0.29) is 0 Å². The Labute approximate surface area is 161 Å². The molecule has 0 saturated carbocycles. The number of benzene rings is 2. The Morgan fingerprint density at radius 3 is 2.42 bits per heavy atom. The Hall–Kier alpha value is -0.680. The van der Waals surface area contributed by atoms with Crippen molar-refractivity contribution in [3.63, 3.8) is 0 Å². The van der Waals surface area contributed by atoms with Crippen molar-refractivity contribution in [2.45, 2.75) is 19.3 Å². The van der Waals surface area contributed by atoms with E-state index >= 15 is 0 Å². The predicted octanol–water partition coefficient (Wildman–Crippen LogP) is 5.70. The first-order valence-corrected chi connectivity index (χ1v) is 10.1. The second-order valence-electron chi connectivity index (χ2n) is 6.39. The first-order valence-electron chi connectivity index (χ1n) is 8.49. The molecule has 128 valence electrons. The summed E-state index contributed by atoms with van der Waals surface area (Å²) in [5.41, 5.74) is 3.89. The molecule has 0 spiro atoms. The Bertz CT molecular complexity index is 666. The Balaban J connectivity index is 1.62. The standard InChI is InChI=1S/C20H23Br2NO/c1-15(8-9-23-10-12-24-13-11-23)16-2-4-17(5-3-16)19-7-6-18(21)14-20(19)22/h2-7,14-15H,8-13H2,1H3. The monoisotopic (exact) mass is 451 g/mol. The number of halogens is 2. The molecule has 0 N–H and O–H groups in total. The molecule has 1 unspecified atom stereocenters. The summed E-state index contributed by atoms with van der Waals surface area (Å²) in [6.07, 6.45) is 1.20. The average Bonchev–Trinajstić information content (AvgIpc) is 2.61. The van der Waals surface area contributed by atoms with Gasteiger partial charge in [-0.25, -0.2) is 0 Å². The minimum Gasteiger partial charge on any atom is -0.379 e. The number of rotatable bonds is 5. The van der Waals surface area contributed by atoms with Crippen LogP contribution in [0.4, 0.5) is 0 Å². The van der Waals surface area contributed by atoms with Crippen molar-refractivity contribution in [1.82, 2.24) is 4.90 Å². The molecule has 2 nitrogen and oxygen atoms in total. The molecular weight excluding hydrogens is 430 g/mol. The highest BCUT2D eigenvalue weighted by Crippen LogP contribution is 2.32. The van der Waals surface area contributed by atoms with E-state index in [9.17, 15) is 0 Å². The first-order chi connectivity index (χ1) is 11.6. The second-order valence-corrected chi connectivity index (χ2v) is 8.16. The van der Waals surface area contributed by atoms with Crippen molar-refractivity contribution in [2.75, 3.05) is 32.8 Å². The van der Waals surface area contributed by atoms with Gasteiger partial charge in [-0.1, -0.05) is 69.1 Å². The van der Waals surface area contributed by atoms with Crippen LogP contribution in [0.3, 0.4) is 0 Å². The molecule has 1 fully saturated rings. The summed E-state index contributed by atoms with van der Waals surface area (Å²) in [6, 6.07) is 15.3. The van der Waals surface area contributed by atoms with Gasteiger partial charge in [0.15, 0.2) is 0 Å². The largest absolute Gasteiger partial charge is 0.379 e. The molecule has 0 bridgehead atoms. The van der Waals surface area contributed by atoms with Crippen LogP contribution >= 0.6 is 31.9 Å². The van der Waals surface area contributed by atoms with Gasteiger partial charge in [-0.2, -0.15) is 0 Å². The number of morpholine rings is 1. The van der Waals surface area contributed by atoms with Gasteiger partial charge in [0.2, 0.25) is 0 Å². The van der Waals surface area contributed by atoms with Gasteiger partial charge in [0.1, 0.15) is 0 Å². The summed E-state index contributed by atoms with van der Waals surface area (Å²) >= 11 is 7.16. The van der Waals surface area contributed by atoms with Crippen LogP contribution in [0.2, 0.25) is 0 Å². The van der Waals surface area contributed by atoms with Gasteiger partial charge in [-0.05, 0) is 47.7 Å². The highest BCUT2D eigenvalue weighted by atomic mass is 79.9. The third kappa shape index (κ3) is 4.69. The van der Waals surface area contributed by atoms with Gasteiger partial charge in [0.05, 0.1) is 13.2 Å². The lowest BCUT2D eigenvalue weighted by atomic mass is 9.95. The zero-order chi connectivity index (χ0) is 16.9. The molecule has 0 radical (unpaired) electrons. The van der Waals surface area contributed by atoms with Gasteiger partial charge in [0.25, 0.3) is 0 Å². The average molecular weight is 453 g/mol. The maximum Gasteiger partial charge on any atom is 0.0594 e. The summed E-state index contributed by atoms with van der Waals surface area (Å²) in [6.45, 7) is 7.39. The zero-order valence-corrected chi connectivity index (χ0v) is 17.1. The number of ether oxygens (including phenoxy) is 1. The predicted molar refractivity (Wildman–Crippen MR) is 108 cm³/mol. The molecule has 0 aromatic heterocycles. The highest BCUT2D eigenvalue weighted by molar-refractivity contribution is 9.11. The summed E-state index contributed by atoms with van der Waals surface area (Å²) in [7, 11) is 0. The van der Waals surface area contributed by atoms with Crippen molar-refractivity contribution < 1.29 is 4.74 Å². The highest BCUT2D eigenvalue weighted by Gasteiger charge is 2.13. The number of nitrogens with zero attached hydrogens (tertiary/aromatic N) is 1. The van der Waals surface area contributed by atoms with Crippen molar-refractivity contribution in [2.24, 2.45) is 0 Å². The summed E-state index contributed by atoms with van der Waals surface area (Å²) in [5.74, 6) is 0.579. The van der Waals surface area contributed by atoms with Gasteiger partial charge in [0, 0.05) is 22.0 Å². The van der Waals surface area contributed by atoms with Crippen LogP contribution in [-0.4, -0.2) is 37.7 Å². The Kier molecular flexibility index (Phi) is 6.50. The molecule has 24 heavy (non-hydrogen) atoms. The lowest BCUT2D eigenvalue weighted by Crippen LogP contribution is -2.37. The zero-order valence-electron chi connectivity index (χ0n) is 14.0. The van der Waals surface area contributed by atoms with E-state index in [1.165, 1.54) is 23.1 Å². The third-order valence-corrected chi connectivity index (χ3v) is 5.85. The third-order valence-electron chi connectivity index (χ3n) is 4.70. The van der Waals surface area contributed by atoms with Crippen LogP contribution in [0.1, 0.15) is 24.8 Å². The van der Waals surface area contributed by atoms with Crippen LogP contribution in [0.15, 0.2) is 51.4 Å². The first kappa shape index (κ1) is 18.1. The minimum absolute atomic E-state index is 0.579. The number of hydrogen-bond acceptors (Lipinski definition) is 2. The van der Waals surface area contributed by atoms with Gasteiger partial charge >= 0.3 is 0 Å². The van der Waals surface area contributed by atoms with Crippen LogP contribution < -0.4 is 0 Å². The second kappa shape index (κ2) is 8.61. The molecule has 1 aliphatic heterocycles. The molecule has 2 aromatic carbocycles. The lowest BCUT2D eigenvalue weighted by Gasteiger charge is -2.27. The lowest BCUT2D eigenvalue weighted by molar-refractivity contribution is 0.0367. The topological polar surface area (TPSA) is 12.5 Å². The SMILES string of the molecule is CC(CCN1CCOCC1)c1ccc(-c2ccc(Br)cc2Br)cc1. The van der Waals surface area contributed by atoms with Crippen LogP contribution in [-0.2, 0) is 4.74 Å². The Morgan fingerprint density at radius 2 is 1.75 bits per heavy atom. The summed E-state index contributed by atoms with van der Waals surface area (Å²) in [5, 5.41) is 0. The maximum absolute atomic E-state index is 5.41. The quantitative estimate of drug-likeness (QED) is 0.576. The van der Waals surface area contributed by atoms with Crippen molar-refractivity contribution in [3.05, 3.63) is 57.0 Å². The normalized spacial score (nSPS) is 17.0. The van der Waals surface area contributed by atoms with Gasteiger partial charge in [-0.3, -0.25) is 4.90 Å². The molecule has 1 heterocycles. The fourth-order valence-electron chi connectivity index (χ4n) is 3.08. The molecule has 1 saturated heterocycles. The molecule has 2 aromatic rings. The van der Waals surface area contributed by atoms with Crippen LogP contribution in [0.5, 0.6) is 0 Å². The van der Waals surface area contributed by atoms with Crippen LogP contribution in [0.25, 0.3) is 11.1 Å². The smallest absolute Gasteiger partial charge is 0.0594 e. The van der Waals surface area contributed by atoms with Gasteiger partial charge < -0.3 is 4.74 Å². The van der Waals surface area contributed by atoms with E-state index in [0.29, 0.717) is 5.92 Å². The van der Waals surface area contributed by atoms with E-state index in [2.05, 4.69) is 86.1 Å². The van der Waals surface area contributed by atoms with Gasteiger partial charge in [-0.15, -0.1) is 0 Å². The number of hydrogen-bond donors (Lipinski definition) is 0. The molecule has 0 aliphatic carbocycles. The molecular formula is C20H23Br2NO. The van der Waals surface area contributed by atoms with Crippen molar-refractivity contribution in [3.8, 4) is 11.1 Å². The van der Waals surface area contributed by atoms with E-state index in [1.807, 2.05) is 0 Å². The molecule has 4 heteroatoms. The minimum atomic E-state index is 0.579. The van der Waals surface area contributed by atoms with Crippen molar-refractivity contribution >= 4 is 31.9 Å². The fraction of sp³-hybridized carbons (Fsp3) is 0.400. The maximum atomic E-state index is 5.41. The van der Waals surface area contributed by atoms with E-state index in [0.717, 1.165) is 41.8 Å².